The van der Waals surface area contributed by atoms with Crippen molar-refractivity contribution in [2.75, 3.05) is 26.8 Å². The molecular weight excluding hydrogens is 316 g/mol. The zero-order chi connectivity index (χ0) is 17.9. The Labute approximate surface area is 149 Å². The maximum atomic E-state index is 9.67. The molecule has 0 saturated heterocycles. The first kappa shape index (κ1) is 18.7. The van der Waals surface area contributed by atoms with Crippen LogP contribution in [-0.2, 0) is 6.54 Å². The molecule has 0 bridgehead atoms. The number of aliphatic hydroxyl groups is 1. The molecule has 1 heterocycles. The maximum absolute atomic E-state index is 9.67. The lowest BCUT2D eigenvalue weighted by Crippen LogP contribution is -2.39. The lowest BCUT2D eigenvalue weighted by Gasteiger charge is -2.18. The molecule has 3 N–H and O–H groups in total. The highest BCUT2D eigenvalue weighted by Crippen LogP contribution is 2.15. The molecule has 0 fully saturated rings. The first-order valence-corrected chi connectivity index (χ1v) is 8.44. The summed E-state index contributed by atoms with van der Waals surface area (Å²) in [6.07, 6.45) is 1.70. The summed E-state index contributed by atoms with van der Waals surface area (Å²) in [5, 5.41) is 16.2. The topological polar surface area (TPSA) is 78.8 Å². The number of hydrogen-bond acceptors (Lipinski definition) is 4. The van der Waals surface area contributed by atoms with Gasteiger partial charge in [-0.3, -0.25) is 0 Å². The van der Waals surface area contributed by atoms with Crippen LogP contribution in [0.1, 0.15) is 24.0 Å². The zero-order valence-electron chi connectivity index (χ0n) is 14.8. The SMILES string of the molecule is CCNC(=NCc1cccnc1OC)NCC(CO)c1ccccc1. The second-order valence-corrected chi connectivity index (χ2v) is 5.54. The molecular formula is C19H26N4O2. The number of pyridine rings is 1. The van der Waals surface area contributed by atoms with Crippen LogP contribution in [-0.4, -0.2) is 42.9 Å². The van der Waals surface area contributed by atoms with Gasteiger partial charge in [0.1, 0.15) is 0 Å². The van der Waals surface area contributed by atoms with Gasteiger partial charge in [0, 0.05) is 30.8 Å². The number of guanidine groups is 1. The highest BCUT2D eigenvalue weighted by Gasteiger charge is 2.11. The van der Waals surface area contributed by atoms with E-state index in [2.05, 4.69) is 20.6 Å². The number of aliphatic hydroxyl groups excluding tert-OH is 1. The van der Waals surface area contributed by atoms with Crippen LogP contribution >= 0.6 is 0 Å². The van der Waals surface area contributed by atoms with Gasteiger partial charge in [0.05, 0.1) is 20.3 Å². The summed E-state index contributed by atoms with van der Waals surface area (Å²) in [4.78, 5) is 8.77. The van der Waals surface area contributed by atoms with E-state index in [4.69, 9.17) is 4.74 Å². The average molecular weight is 342 g/mol. The predicted octanol–water partition coefficient (Wildman–Crippen LogP) is 1.92. The molecule has 0 radical (unpaired) electrons. The molecule has 1 aromatic carbocycles. The molecule has 0 aliphatic carbocycles. The van der Waals surface area contributed by atoms with Gasteiger partial charge in [-0.15, -0.1) is 0 Å². The molecule has 0 saturated carbocycles. The molecule has 1 aromatic heterocycles. The molecule has 6 heteroatoms. The number of aromatic nitrogens is 1. The Hall–Kier alpha value is -2.60. The van der Waals surface area contributed by atoms with Gasteiger partial charge in [-0.05, 0) is 18.6 Å². The van der Waals surface area contributed by atoms with E-state index in [-0.39, 0.29) is 12.5 Å². The first-order valence-electron chi connectivity index (χ1n) is 8.44. The maximum Gasteiger partial charge on any atom is 0.218 e. The number of methoxy groups -OCH3 is 1. The summed E-state index contributed by atoms with van der Waals surface area (Å²) in [6, 6.07) is 13.8. The Balaban J connectivity index is 2.02. The molecule has 1 atom stereocenters. The molecule has 1 unspecified atom stereocenters. The molecule has 2 aromatic rings. The van der Waals surface area contributed by atoms with Crippen molar-refractivity contribution in [1.82, 2.24) is 15.6 Å². The smallest absolute Gasteiger partial charge is 0.218 e. The van der Waals surface area contributed by atoms with Crippen LogP contribution in [0.3, 0.4) is 0 Å². The third-order valence-corrected chi connectivity index (χ3v) is 3.80. The van der Waals surface area contributed by atoms with E-state index in [1.807, 2.05) is 49.4 Å². The highest BCUT2D eigenvalue weighted by molar-refractivity contribution is 5.79. The van der Waals surface area contributed by atoms with E-state index < -0.39 is 0 Å². The van der Waals surface area contributed by atoms with Gasteiger partial charge in [-0.2, -0.15) is 0 Å². The minimum absolute atomic E-state index is 0.0120. The average Bonchev–Trinajstić information content (AvgIpc) is 2.67. The highest BCUT2D eigenvalue weighted by atomic mass is 16.5. The normalized spacial score (nSPS) is 12.5. The Kier molecular flexibility index (Phi) is 7.72. The second-order valence-electron chi connectivity index (χ2n) is 5.54. The van der Waals surface area contributed by atoms with Crippen molar-refractivity contribution in [2.24, 2.45) is 4.99 Å². The molecule has 0 aliphatic rings. The Morgan fingerprint density at radius 1 is 1.20 bits per heavy atom. The monoisotopic (exact) mass is 342 g/mol. The fourth-order valence-corrected chi connectivity index (χ4v) is 2.47. The fourth-order valence-electron chi connectivity index (χ4n) is 2.47. The van der Waals surface area contributed by atoms with E-state index in [9.17, 15) is 5.11 Å². The van der Waals surface area contributed by atoms with Gasteiger partial charge >= 0.3 is 0 Å². The molecule has 0 aliphatic heterocycles. The van der Waals surface area contributed by atoms with Crippen LogP contribution < -0.4 is 15.4 Å². The van der Waals surface area contributed by atoms with Crippen LogP contribution in [0.2, 0.25) is 0 Å². The number of nitrogens with zero attached hydrogens (tertiary/aromatic N) is 2. The van der Waals surface area contributed by atoms with E-state index >= 15 is 0 Å². The van der Waals surface area contributed by atoms with Gasteiger partial charge in [-0.1, -0.05) is 36.4 Å². The van der Waals surface area contributed by atoms with Crippen LogP contribution in [0.25, 0.3) is 0 Å². The van der Waals surface area contributed by atoms with E-state index in [1.165, 1.54) is 0 Å². The van der Waals surface area contributed by atoms with Gasteiger partial charge in [0.25, 0.3) is 0 Å². The van der Waals surface area contributed by atoms with Crippen LogP contribution in [0, 0.1) is 0 Å². The lowest BCUT2D eigenvalue weighted by atomic mass is 10.0. The molecule has 0 spiro atoms. The van der Waals surface area contributed by atoms with Crippen LogP contribution in [0.15, 0.2) is 53.7 Å². The quantitative estimate of drug-likeness (QED) is 0.505. The van der Waals surface area contributed by atoms with Crippen molar-refractivity contribution < 1.29 is 9.84 Å². The number of hydrogen-bond donors (Lipinski definition) is 3. The fraction of sp³-hybridized carbons (Fsp3) is 0.368. The Bertz CT molecular complexity index is 661. The predicted molar refractivity (Wildman–Crippen MR) is 99.9 cm³/mol. The summed E-state index contributed by atoms with van der Waals surface area (Å²) in [7, 11) is 1.60. The minimum Gasteiger partial charge on any atom is -0.481 e. The third kappa shape index (κ3) is 5.76. The summed E-state index contributed by atoms with van der Waals surface area (Å²) >= 11 is 0. The Morgan fingerprint density at radius 3 is 2.68 bits per heavy atom. The zero-order valence-corrected chi connectivity index (χ0v) is 14.8. The number of rotatable bonds is 8. The van der Waals surface area contributed by atoms with Gasteiger partial charge in [-0.25, -0.2) is 9.98 Å². The molecule has 2 rings (SSSR count). The van der Waals surface area contributed by atoms with Crippen molar-refractivity contribution in [3.63, 3.8) is 0 Å². The number of nitrogens with one attached hydrogen (secondary N) is 2. The van der Waals surface area contributed by atoms with Crippen LogP contribution in [0.5, 0.6) is 5.88 Å². The summed E-state index contributed by atoms with van der Waals surface area (Å²) in [6.45, 7) is 3.90. The van der Waals surface area contributed by atoms with Crippen molar-refractivity contribution in [2.45, 2.75) is 19.4 Å². The molecule has 0 amide bonds. The second kappa shape index (κ2) is 10.3. The number of ether oxygens (including phenoxy) is 1. The van der Waals surface area contributed by atoms with Crippen molar-refractivity contribution in [3.8, 4) is 5.88 Å². The van der Waals surface area contributed by atoms with Gasteiger partial charge in [0.15, 0.2) is 5.96 Å². The number of aliphatic imine (C=N–C) groups is 1. The van der Waals surface area contributed by atoms with Gasteiger partial charge in [0.2, 0.25) is 5.88 Å². The summed E-state index contributed by atoms with van der Waals surface area (Å²) in [5.74, 6) is 1.29. The largest absolute Gasteiger partial charge is 0.481 e. The van der Waals surface area contributed by atoms with E-state index in [0.29, 0.717) is 24.9 Å². The first-order chi connectivity index (χ1) is 12.3. The van der Waals surface area contributed by atoms with E-state index in [0.717, 1.165) is 17.7 Å². The van der Waals surface area contributed by atoms with Gasteiger partial charge < -0.3 is 20.5 Å². The summed E-state index contributed by atoms with van der Waals surface area (Å²) < 4.78 is 5.26. The van der Waals surface area contributed by atoms with Crippen molar-refractivity contribution >= 4 is 5.96 Å². The lowest BCUT2D eigenvalue weighted by molar-refractivity contribution is 0.265. The van der Waals surface area contributed by atoms with Crippen molar-refractivity contribution in [1.29, 1.82) is 0 Å². The summed E-state index contributed by atoms with van der Waals surface area (Å²) in [5.41, 5.74) is 2.02. The third-order valence-electron chi connectivity index (χ3n) is 3.80. The minimum atomic E-state index is 0.0120. The Morgan fingerprint density at radius 2 is 2.00 bits per heavy atom. The molecule has 6 nitrogen and oxygen atoms in total. The van der Waals surface area contributed by atoms with Crippen molar-refractivity contribution in [3.05, 3.63) is 59.8 Å². The standard InChI is InChI=1S/C19H26N4O2/c1-3-20-19(22-12-16-10-7-11-21-18(16)25-2)23-13-17(14-24)15-8-5-4-6-9-15/h4-11,17,24H,3,12-14H2,1-2H3,(H2,20,22,23). The van der Waals surface area contributed by atoms with E-state index in [1.54, 1.807) is 13.3 Å². The molecule has 25 heavy (non-hydrogen) atoms. The number of benzene rings is 1. The van der Waals surface area contributed by atoms with Crippen LogP contribution in [0.4, 0.5) is 0 Å². The molecule has 134 valence electrons.